The maximum absolute atomic E-state index is 13.1. The predicted octanol–water partition coefficient (Wildman–Crippen LogP) is 2.78. The zero-order chi connectivity index (χ0) is 24.0. The van der Waals surface area contributed by atoms with Crippen LogP contribution in [0.1, 0.15) is 11.3 Å². The summed E-state index contributed by atoms with van der Waals surface area (Å²) in [6, 6.07) is 5.19. The molecule has 0 aliphatic heterocycles. The normalized spacial score (nSPS) is 12.2. The first-order valence-electron chi connectivity index (χ1n) is 9.38. The summed E-state index contributed by atoms with van der Waals surface area (Å²) in [5.41, 5.74) is -4.60. The first kappa shape index (κ1) is 22.3. The zero-order valence-electron chi connectivity index (χ0n) is 16.9. The van der Waals surface area contributed by atoms with Crippen molar-refractivity contribution < 1.29 is 26.7 Å². The van der Waals surface area contributed by atoms with Gasteiger partial charge in [0.15, 0.2) is 0 Å². The summed E-state index contributed by atoms with van der Waals surface area (Å²) in [5, 5.41) is 10.6. The molecule has 0 atom stereocenters. The minimum Gasteiger partial charge on any atom is -0.493 e. The average Bonchev–Trinajstić information content (AvgIpc) is 3.37. The highest BCUT2D eigenvalue weighted by atomic mass is 32.2. The Morgan fingerprint density at radius 3 is 2.42 bits per heavy atom. The van der Waals surface area contributed by atoms with E-state index in [0.717, 1.165) is 28.8 Å². The number of hydrogen-bond donors (Lipinski definition) is 2. The second-order valence-electron chi connectivity index (χ2n) is 7.03. The molecule has 0 saturated carbocycles. The number of nitrogens with zero attached hydrogens (tertiary/aromatic N) is 4. The largest absolute Gasteiger partial charge is 0.501 e. The van der Waals surface area contributed by atoms with Gasteiger partial charge in [-0.25, -0.2) is 22.8 Å². The van der Waals surface area contributed by atoms with E-state index in [1.165, 1.54) is 11.5 Å². The number of alkyl halides is 3. The van der Waals surface area contributed by atoms with E-state index >= 15 is 0 Å². The van der Waals surface area contributed by atoms with Gasteiger partial charge < -0.3 is 10.1 Å². The predicted molar refractivity (Wildman–Crippen MR) is 111 cm³/mol. The molecule has 0 spiro atoms. The number of imidazole rings is 2. The summed E-state index contributed by atoms with van der Waals surface area (Å²) in [6.45, 7) is 1.55. The quantitative estimate of drug-likeness (QED) is 0.454. The van der Waals surface area contributed by atoms with E-state index in [-0.39, 0.29) is 17.9 Å². The zero-order valence-corrected chi connectivity index (χ0v) is 17.7. The fraction of sp³-hybridized carbons (Fsp3) is 0.150. The number of sulfone groups is 1. The van der Waals surface area contributed by atoms with Crippen LogP contribution in [-0.2, 0) is 16.4 Å². The van der Waals surface area contributed by atoms with Gasteiger partial charge in [0.05, 0.1) is 22.8 Å². The van der Waals surface area contributed by atoms with E-state index in [0.29, 0.717) is 17.0 Å². The second-order valence-corrected chi connectivity index (χ2v) is 8.97. The highest BCUT2D eigenvalue weighted by Crippen LogP contribution is 2.31. The maximum atomic E-state index is 13.1. The fourth-order valence-corrected chi connectivity index (χ4v) is 4.08. The Balaban J connectivity index is 1.75. The average molecular weight is 479 g/mol. The van der Waals surface area contributed by atoms with Crippen molar-refractivity contribution in [2.45, 2.75) is 23.9 Å². The smallest absolute Gasteiger partial charge is 0.493 e. The van der Waals surface area contributed by atoms with Gasteiger partial charge >= 0.3 is 11.2 Å². The van der Waals surface area contributed by atoms with Crippen LogP contribution in [0, 0.1) is 6.92 Å². The minimum absolute atomic E-state index is 0.00135. The Labute approximate surface area is 184 Å². The standard InChI is InChI=1S/C20H16F3N5O4S/c1-12-18(29)28(14-2-4-15(5-3-14)33(31,32)20(21,22)23)19(30)27(12)11-13-6-7-24-10-16(13)17-25-8-9-26-17/h2-10,29H,11H2,1H3,(H,25,26). The number of aromatic amines is 1. The number of nitrogens with one attached hydrogen (secondary N) is 1. The van der Waals surface area contributed by atoms with E-state index in [1.807, 2.05) is 0 Å². The first-order valence-corrected chi connectivity index (χ1v) is 10.9. The number of hydrogen-bond acceptors (Lipinski definition) is 6. The molecule has 2 N–H and O–H groups in total. The van der Waals surface area contributed by atoms with Crippen molar-refractivity contribution in [2.24, 2.45) is 0 Å². The third-order valence-electron chi connectivity index (χ3n) is 5.07. The lowest BCUT2D eigenvalue weighted by molar-refractivity contribution is -0.0436. The van der Waals surface area contributed by atoms with Crippen molar-refractivity contribution in [3.8, 4) is 23.0 Å². The molecule has 33 heavy (non-hydrogen) atoms. The van der Waals surface area contributed by atoms with Gasteiger partial charge in [-0.15, -0.1) is 0 Å². The molecule has 4 rings (SSSR count). The number of aromatic hydroxyl groups is 1. The van der Waals surface area contributed by atoms with Crippen molar-refractivity contribution >= 4 is 9.84 Å². The molecule has 0 bridgehead atoms. The maximum Gasteiger partial charge on any atom is 0.501 e. The van der Waals surface area contributed by atoms with Crippen LogP contribution in [0.15, 0.2) is 64.8 Å². The van der Waals surface area contributed by atoms with Gasteiger partial charge in [0.2, 0.25) is 5.88 Å². The third-order valence-corrected chi connectivity index (χ3v) is 6.57. The van der Waals surface area contributed by atoms with Gasteiger partial charge in [-0.05, 0) is 42.8 Å². The number of pyridine rings is 1. The molecule has 0 saturated heterocycles. The SMILES string of the molecule is Cc1c(O)n(-c2ccc(S(=O)(=O)C(F)(F)F)cc2)c(=O)n1Cc1ccncc1-c1ncc[nH]1. The summed E-state index contributed by atoms with van der Waals surface area (Å²) >= 11 is 0. The van der Waals surface area contributed by atoms with Gasteiger partial charge in [0, 0.05) is 30.4 Å². The topological polar surface area (TPSA) is 123 Å². The molecule has 3 aromatic heterocycles. The Morgan fingerprint density at radius 2 is 1.82 bits per heavy atom. The lowest BCUT2D eigenvalue weighted by Gasteiger charge is -2.09. The molecule has 172 valence electrons. The van der Waals surface area contributed by atoms with E-state index in [4.69, 9.17) is 0 Å². The van der Waals surface area contributed by atoms with Crippen molar-refractivity contribution in [2.75, 3.05) is 0 Å². The monoisotopic (exact) mass is 479 g/mol. The summed E-state index contributed by atoms with van der Waals surface area (Å²) in [5.74, 6) is 0.106. The van der Waals surface area contributed by atoms with E-state index in [2.05, 4.69) is 15.0 Å². The van der Waals surface area contributed by atoms with Crippen LogP contribution >= 0.6 is 0 Å². The van der Waals surface area contributed by atoms with E-state index in [1.54, 1.807) is 30.9 Å². The van der Waals surface area contributed by atoms with Crippen molar-refractivity contribution in [3.05, 3.63) is 76.9 Å². The molecule has 13 heteroatoms. The molecule has 9 nitrogen and oxygen atoms in total. The lowest BCUT2D eigenvalue weighted by Crippen LogP contribution is -2.25. The van der Waals surface area contributed by atoms with Gasteiger partial charge in [0.25, 0.3) is 9.84 Å². The Hall–Kier alpha value is -3.87. The summed E-state index contributed by atoms with van der Waals surface area (Å²) in [4.78, 5) is 23.3. The van der Waals surface area contributed by atoms with Crippen LogP contribution in [0.25, 0.3) is 17.1 Å². The van der Waals surface area contributed by atoms with Crippen LogP contribution in [-0.4, -0.2) is 43.1 Å². The molecular formula is C20H16F3N5O4S. The third kappa shape index (κ3) is 3.80. The molecule has 0 fully saturated rings. The van der Waals surface area contributed by atoms with Crippen molar-refractivity contribution in [1.29, 1.82) is 0 Å². The van der Waals surface area contributed by atoms with Crippen LogP contribution < -0.4 is 5.69 Å². The minimum atomic E-state index is -5.54. The van der Waals surface area contributed by atoms with Gasteiger partial charge in [-0.2, -0.15) is 13.2 Å². The molecular weight excluding hydrogens is 463 g/mol. The molecule has 0 amide bonds. The Morgan fingerprint density at radius 1 is 1.12 bits per heavy atom. The molecule has 0 aliphatic carbocycles. The molecule has 3 heterocycles. The molecule has 4 aromatic rings. The molecule has 0 radical (unpaired) electrons. The Kier molecular flexibility index (Phi) is 5.36. The molecule has 0 aliphatic rings. The summed E-state index contributed by atoms with van der Waals surface area (Å²) in [7, 11) is -5.54. The van der Waals surface area contributed by atoms with Crippen LogP contribution in [0.3, 0.4) is 0 Å². The molecule has 1 aromatic carbocycles. The first-order chi connectivity index (χ1) is 15.5. The van der Waals surface area contributed by atoms with Gasteiger partial charge in [0.1, 0.15) is 5.82 Å². The van der Waals surface area contributed by atoms with E-state index in [9.17, 15) is 31.5 Å². The van der Waals surface area contributed by atoms with E-state index < -0.39 is 31.8 Å². The number of H-pyrrole nitrogens is 1. The highest BCUT2D eigenvalue weighted by Gasteiger charge is 2.46. The molecule has 0 unspecified atom stereocenters. The van der Waals surface area contributed by atoms with Crippen molar-refractivity contribution in [3.63, 3.8) is 0 Å². The summed E-state index contributed by atoms with van der Waals surface area (Å²) < 4.78 is 63.6. The Bertz CT molecular complexity index is 1470. The van der Waals surface area contributed by atoms with Gasteiger partial charge in [-0.1, -0.05) is 0 Å². The van der Waals surface area contributed by atoms with Gasteiger partial charge in [-0.3, -0.25) is 9.55 Å². The number of aromatic nitrogens is 5. The highest BCUT2D eigenvalue weighted by molar-refractivity contribution is 7.92. The second kappa shape index (κ2) is 7.92. The van der Waals surface area contributed by atoms with Crippen LogP contribution in [0.2, 0.25) is 0 Å². The number of benzene rings is 1. The lowest BCUT2D eigenvalue weighted by atomic mass is 10.1. The van der Waals surface area contributed by atoms with Crippen LogP contribution in [0.4, 0.5) is 13.2 Å². The number of halogens is 3. The number of rotatable bonds is 5. The fourth-order valence-electron chi connectivity index (χ4n) is 3.32. The van der Waals surface area contributed by atoms with Crippen molar-refractivity contribution in [1.82, 2.24) is 24.1 Å². The summed E-state index contributed by atoms with van der Waals surface area (Å²) in [6.07, 6.45) is 6.31. The van der Waals surface area contributed by atoms with Crippen LogP contribution in [0.5, 0.6) is 5.88 Å².